The maximum atomic E-state index is 5.93. The number of nitrogens with zero attached hydrogens (tertiary/aromatic N) is 1. The van der Waals surface area contributed by atoms with Gasteiger partial charge in [-0.1, -0.05) is 18.5 Å². The number of hydrogen-bond donors (Lipinski definition) is 1. The van der Waals surface area contributed by atoms with Crippen LogP contribution in [0, 0.1) is 13.8 Å². The fourth-order valence-corrected chi connectivity index (χ4v) is 2.38. The number of aromatic nitrogens is 1. The molecular formula is C15H19ClN2. The Bertz CT molecular complexity index is 526. The van der Waals surface area contributed by atoms with Crippen LogP contribution in [-0.4, -0.2) is 11.1 Å². The van der Waals surface area contributed by atoms with Gasteiger partial charge in [0.1, 0.15) is 0 Å². The molecule has 96 valence electrons. The highest BCUT2D eigenvalue weighted by Gasteiger charge is 2.09. The van der Waals surface area contributed by atoms with Crippen molar-refractivity contribution < 1.29 is 0 Å². The molecule has 0 unspecified atom stereocenters. The number of halogens is 1. The highest BCUT2D eigenvalue weighted by Crippen LogP contribution is 2.22. The number of hydrogen-bond acceptors (Lipinski definition) is 1. The lowest BCUT2D eigenvalue weighted by molar-refractivity contribution is 0.722. The number of nitrogens with one attached hydrogen (secondary N) is 1. The van der Waals surface area contributed by atoms with Gasteiger partial charge >= 0.3 is 0 Å². The van der Waals surface area contributed by atoms with Gasteiger partial charge in [0.25, 0.3) is 0 Å². The van der Waals surface area contributed by atoms with Crippen LogP contribution in [0.1, 0.15) is 23.9 Å². The SMILES string of the molecule is CCNCc1cc(C)n(-c2ccc(Cl)cc2)c1C. The van der Waals surface area contributed by atoms with Crippen molar-refractivity contribution in [2.45, 2.75) is 27.3 Å². The van der Waals surface area contributed by atoms with E-state index in [1.165, 1.54) is 17.0 Å². The maximum absolute atomic E-state index is 5.93. The summed E-state index contributed by atoms with van der Waals surface area (Å²) in [6.07, 6.45) is 0. The van der Waals surface area contributed by atoms with Crippen LogP contribution in [0.4, 0.5) is 0 Å². The third-order valence-electron chi connectivity index (χ3n) is 3.19. The van der Waals surface area contributed by atoms with E-state index in [0.29, 0.717) is 0 Å². The zero-order valence-electron chi connectivity index (χ0n) is 11.1. The van der Waals surface area contributed by atoms with Gasteiger partial charge in [0, 0.05) is 28.6 Å². The summed E-state index contributed by atoms with van der Waals surface area (Å²) in [5.41, 5.74) is 5.06. The highest BCUT2D eigenvalue weighted by atomic mass is 35.5. The van der Waals surface area contributed by atoms with Gasteiger partial charge in [-0.3, -0.25) is 0 Å². The first kappa shape index (κ1) is 13.2. The molecule has 1 aromatic carbocycles. The second-order valence-corrected chi connectivity index (χ2v) is 4.92. The van der Waals surface area contributed by atoms with Crippen molar-refractivity contribution in [3.63, 3.8) is 0 Å². The molecule has 0 fully saturated rings. The van der Waals surface area contributed by atoms with Crippen molar-refractivity contribution in [1.82, 2.24) is 9.88 Å². The van der Waals surface area contributed by atoms with Gasteiger partial charge in [-0.2, -0.15) is 0 Å². The van der Waals surface area contributed by atoms with Crippen LogP contribution in [-0.2, 0) is 6.54 Å². The first-order valence-electron chi connectivity index (χ1n) is 6.28. The third kappa shape index (κ3) is 2.60. The fourth-order valence-electron chi connectivity index (χ4n) is 2.26. The second-order valence-electron chi connectivity index (χ2n) is 4.49. The van der Waals surface area contributed by atoms with Crippen LogP contribution < -0.4 is 5.32 Å². The van der Waals surface area contributed by atoms with Crippen molar-refractivity contribution >= 4 is 11.6 Å². The molecule has 0 aliphatic carbocycles. The first-order valence-corrected chi connectivity index (χ1v) is 6.65. The van der Waals surface area contributed by atoms with Gasteiger partial charge in [-0.05, 0) is 56.3 Å². The zero-order chi connectivity index (χ0) is 13.1. The molecule has 3 heteroatoms. The summed E-state index contributed by atoms with van der Waals surface area (Å²) in [6.45, 7) is 8.33. The molecule has 0 aliphatic heterocycles. The predicted molar refractivity (Wildman–Crippen MR) is 77.6 cm³/mol. The molecule has 1 aromatic heterocycles. The molecule has 0 saturated heterocycles. The molecule has 0 atom stereocenters. The second kappa shape index (κ2) is 5.59. The Kier molecular flexibility index (Phi) is 4.10. The minimum absolute atomic E-state index is 0.772. The minimum atomic E-state index is 0.772. The zero-order valence-corrected chi connectivity index (χ0v) is 11.9. The number of aryl methyl sites for hydroxylation is 1. The van der Waals surface area contributed by atoms with Crippen LogP contribution in [0.15, 0.2) is 30.3 Å². The molecule has 0 saturated carbocycles. The largest absolute Gasteiger partial charge is 0.318 e. The molecule has 2 nitrogen and oxygen atoms in total. The Labute approximate surface area is 114 Å². The molecule has 1 heterocycles. The molecule has 0 radical (unpaired) electrons. The van der Waals surface area contributed by atoms with Gasteiger partial charge in [0.2, 0.25) is 0 Å². The minimum Gasteiger partial charge on any atom is -0.318 e. The lowest BCUT2D eigenvalue weighted by Gasteiger charge is -2.10. The van der Waals surface area contributed by atoms with Gasteiger partial charge < -0.3 is 9.88 Å². The van der Waals surface area contributed by atoms with E-state index in [1.54, 1.807) is 0 Å². The van der Waals surface area contributed by atoms with Crippen LogP contribution in [0.25, 0.3) is 5.69 Å². The fraction of sp³-hybridized carbons (Fsp3) is 0.333. The summed E-state index contributed by atoms with van der Waals surface area (Å²) in [6, 6.07) is 10.2. The summed E-state index contributed by atoms with van der Waals surface area (Å²) >= 11 is 5.93. The van der Waals surface area contributed by atoms with E-state index in [1.807, 2.05) is 12.1 Å². The maximum Gasteiger partial charge on any atom is 0.0456 e. The van der Waals surface area contributed by atoms with Gasteiger partial charge in [0.15, 0.2) is 0 Å². The summed E-state index contributed by atoms with van der Waals surface area (Å²) in [7, 11) is 0. The van der Waals surface area contributed by atoms with Crippen molar-refractivity contribution in [2.75, 3.05) is 6.54 Å². The van der Waals surface area contributed by atoms with E-state index in [2.05, 4.69) is 48.9 Å². The van der Waals surface area contributed by atoms with Crippen LogP contribution >= 0.6 is 11.6 Å². The van der Waals surface area contributed by atoms with E-state index in [9.17, 15) is 0 Å². The molecule has 18 heavy (non-hydrogen) atoms. The summed E-state index contributed by atoms with van der Waals surface area (Å²) in [5.74, 6) is 0. The predicted octanol–water partition coefficient (Wildman–Crippen LogP) is 3.86. The average Bonchev–Trinajstić information content (AvgIpc) is 2.63. The molecule has 0 aliphatic rings. The van der Waals surface area contributed by atoms with Gasteiger partial charge in [0.05, 0.1) is 0 Å². The molecule has 1 N–H and O–H groups in total. The number of benzene rings is 1. The molecule has 0 bridgehead atoms. The Morgan fingerprint density at radius 2 is 1.83 bits per heavy atom. The Hall–Kier alpha value is -1.25. The van der Waals surface area contributed by atoms with E-state index in [0.717, 1.165) is 23.8 Å². The first-order chi connectivity index (χ1) is 8.63. The lowest BCUT2D eigenvalue weighted by Crippen LogP contribution is -2.12. The molecular weight excluding hydrogens is 244 g/mol. The Morgan fingerprint density at radius 1 is 1.17 bits per heavy atom. The quantitative estimate of drug-likeness (QED) is 0.885. The monoisotopic (exact) mass is 262 g/mol. The van der Waals surface area contributed by atoms with Crippen molar-refractivity contribution in [1.29, 1.82) is 0 Å². The Morgan fingerprint density at radius 3 is 2.44 bits per heavy atom. The van der Waals surface area contributed by atoms with Gasteiger partial charge in [-0.15, -0.1) is 0 Å². The van der Waals surface area contributed by atoms with Gasteiger partial charge in [-0.25, -0.2) is 0 Å². The van der Waals surface area contributed by atoms with E-state index >= 15 is 0 Å². The van der Waals surface area contributed by atoms with Crippen molar-refractivity contribution in [3.05, 3.63) is 52.3 Å². The van der Waals surface area contributed by atoms with E-state index < -0.39 is 0 Å². The third-order valence-corrected chi connectivity index (χ3v) is 3.44. The normalized spacial score (nSPS) is 10.9. The topological polar surface area (TPSA) is 17.0 Å². The average molecular weight is 263 g/mol. The summed E-state index contributed by atoms with van der Waals surface area (Å²) in [5, 5.41) is 4.14. The van der Waals surface area contributed by atoms with Crippen molar-refractivity contribution in [3.8, 4) is 5.69 Å². The van der Waals surface area contributed by atoms with Crippen LogP contribution in [0.5, 0.6) is 0 Å². The molecule has 0 amide bonds. The van der Waals surface area contributed by atoms with E-state index in [4.69, 9.17) is 11.6 Å². The highest BCUT2D eigenvalue weighted by molar-refractivity contribution is 6.30. The summed E-state index contributed by atoms with van der Waals surface area (Å²) in [4.78, 5) is 0. The molecule has 2 rings (SSSR count). The molecule has 0 spiro atoms. The van der Waals surface area contributed by atoms with E-state index in [-0.39, 0.29) is 0 Å². The summed E-state index contributed by atoms with van der Waals surface area (Å²) < 4.78 is 2.27. The smallest absolute Gasteiger partial charge is 0.0456 e. The number of rotatable bonds is 4. The van der Waals surface area contributed by atoms with Crippen LogP contribution in [0.2, 0.25) is 5.02 Å². The Balaban J connectivity index is 2.38. The lowest BCUT2D eigenvalue weighted by atomic mass is 10.2. The van der Waals surface area contributed by atoms with Crippen molar-refractivity contribution in [2.24, 2.45) is 0 Å². The van der Waals surface area contributed by atoms with Crippen LogP contribution in [0.3, 0.4) is 0 Å². The standard InChI is InChI=1S/C15H19ClN2/c1-4-17-10-13-9-11(2)18(12(13)3)15-7-5-14(16)6-8-15/h5-9,17H,4,10H2,1-3H3. The molecule has 2 aromatic rings.